The van der Waals surface area contributed by atoms with Crippen LogP contribution < -0.4 is 5.32 Å². The molecule has 2 bridgehead atoms. The lowest BCUT2D eigenvalue weighted by Gasteiger charge is -2.41. The zero-order chi connectivity index (χ0) is 16.6. The molecule has 3 heterocycles. The Hall–Kier alpha value is -0.810. The van der Waals surface area contributed by atoms with Crippen LogP contribution in [0.25, 0.3) is 0 Å². The topological polar surface area (TPSA) is 44.8 Å². The molecule has 3 fully saturated rings. The molecule has 1 amide bonds. The number of likely N-dealkylation sites (tertiary alicyclic amines) is 1. The van der Waals surface area contributed by atoms with E-state index in [1.807, 2.05) is 25.7 Å². The maximum absolute atomic E-state index is 12.5. The van der Waals surface area contributed by atoms with Crippen molar-refractivity contribution < 1.29 is 9.53 Å². The number of rotatable bonds is 2. The number of carbonyl (C=O) groups excluding carboxylic acids is 1. The van der Waals surface area contributed by atoms with E-state index in [1.54, 1.807) is 0 Å². The highest BCUT2D eigenvalue weighted by Crippen LogP contribution is 2.37. The minimum Gasteiger partial charge on any atom is -0.444 e. The van der Waals surface area contributed by atoms with Gasteiger partial charge in [0.2, 0.25) is 0 Å². The van der Waals surface area contributed by atoms with Gasteiger partial charge < -0.3 is 19.9 Å². The molecule has 3 aliphatic heterocycles. The van der Waals surface area contributed by atoms with E-state index in [4.69, 9.17) is 4.74 Å². The first kappa shape index (κ1) is 17.0. The van der Waals surface area contributed by atoms with Gasteiger partial charge in [-0.05, 0) is 79.4 Å². The molecule has 3 aliphatic rings. The molecular formula is C18H33N3O2. The van der Waals surface area contributed by atoms with Crippen LogP contribution in [0.5, 0.6) is 0 Å². The highest BCUT2D eigenvalue weighted by Gasteiger charge is 2.45. The van der Waals surface area contributed by atoms with Crippen molar-refractivity contribution in [1.29, 1.82) is 0 Å². The predicted molar refractivity (Wildman–Crippen MR) is 91.6 cm³/mol. The van der Waals surface area contributed by atoms with Gasteiger partial charge in [0.15, 0.2) is 0 Å². The molecule has 5 nitrogen and oxygen atoms in total. The van der Waals surface area contributed by atoms with Crippen LogP contribution in [-0.2, 0) is 4.74 Å². The second-order valence-electron chi connectivity index (χ2n) is 8.69. The van der Waals surface area contributed by atoms with Gasteiger partial charge in [0.1, 0.15) is 5.60 Å². The molecule has 1 N–H and O–H groups in total. The molecule has 0 aliphatic carbocycles. The van der Waals surface area contributed by atoms with Crippen molar-refractivity contribution >= 4 is 6.09 Å². The standard InChI is InChI=1S/C18H33N3O2/c1-18(2,3)23-17(22)21-15-5-6-16(21)12-14(11-15)19-13-7-9-20(4)10-8-13/h13-16,19H,5-12H2,1-4H3/t14?,15-,16+. The first-order chi connectivity index (χ1) is 10.8. The molecule has 0 spiro atoms. The fourth-order valence-corrected chi connectivity index (χ4v) is 4.43. The van der Waals surface area contributed by atoms with Crippen molar-refractivity contribution in [2.24, 2.45) is 0 Å². The summed E-state index contributed by atoms with van der Waals surface area (Å²) >= 11 is 0. The Labute approximate surface area is 140 Å². The Bertz CT molecular complexity index is 412. The van der Waals surface area contributed by atoms with Gasteiger partial charge in [-0.1, -0.05) is 0 Å². The number of hydrogen-bond donors (Lipinski definition) is 1. The summed E-state index contributed by atoms with van der Waals surface area (Å²) in [6.07, 6.45) is 6.83. The molecule has 0 aromatic heterocycles. The van der Waals surface area contributed by atoms with Crippen LogP contribution in [0.15, 0.2) is 0 Å². The molecule has 5 heteroatoms. The quantitative estimate of drug-likeness (QED) is 0.848. The van der Waals surface area contributed by atoms with Gasteiger partial charge in [-0.25, -0.2) is 4.79 Å². The third kappa shape index (κ3) is 4.18. The van der Waals surface area contributed by atoms with Gasteiger partial charge >= 0.3 is 6.09 Å². The molecule has 23 heavy (non-hydrogen) atoms. The van der Waals surface area contributed by atoms with Gasteiger partial charge in [0.25, 0.3) is 0 Å². The second kappa shape index (κ2) is 6.60. The maximum atomic E-state index is 12.5. The third-order valence-electron chi connectivity index (χ3n) is 5.53. The first-order valence-electron chi connectivity index (χ1n) is 9.28. The highest BCUT2D eigenvalue weighted by atomic mass is 16.6. The van der Waals surface area contributed by atoms with E-state index in [9.17, 15) is 4.79 Å². The molecule has 0 aromatic rings. The summed E-state index contributed by atoms with van der Waals surface area (Å²) in [6, 6.07) is 1.96. The van der Waals surface area contributed by atoms with Gasteiger partial charge in [-0.15, -0.1) is 0 Å². The maximum Gasteiger partial charge on any atom is 0.410 e. The number of nitrogens with zero attached hydrogens (tertiary/aromatic N) is 2. The first-order valence-corrected chi connectivity index (χ1v) is 9.28. The highest BCUT2D eigenvalue weighted by molar-refractivity contribution is 5.69. The summed E-state index contributed by atoms with van der Waals surface area (Å²) in [5.41, 5.74) is -0.403. The number of hydrogen-bond acceptors (Lipinski definition) is 4. The number of nitrogens with one attached hydrogen (secondary N) is 1. The van der Waals surface area contributed by atoms with Crippen molar-refractivity contribution in [3.05, 3.63) is 0 Å². The molecule has 3 rings (SSSR count). The van der Waals surface area contributed by atoms with Crippen molar-refractivity contribution in [1.82, 2.24) is 15.1 Å². The van der Waals surface area contributed by atoms with E-state index in [-0.39, 0.29) is 6.09 Å². The summed E-state index contributed by atoms with van der Waals surface area (Å²) in [6.45, 7) is 8.23. The fourth-order valence-electron chi connectivity index (χ4n) is 4.43. The van der Waals surface area contributed by atoms with Gasteiger partial charge in [-0.3, -0.25) is 0 Å². The molecule has 0 saturated carbocycles. The summed E-state index contributed by atoms with van der Waals surface area (Å²) in [5, 5.41) is 3.88. The molecule has 132 valence electrons. The molecule has 1 unspecified atom stereocenters. The van der Waals surface area contributed by atoms with Crippen LogP contribution in [0.3, 0.4) is 0 Å². The van der Waals surface area contributed by atoms with Crippen LogP contribution >= 0.6 is 0 Å². The van der Waals surface area contributed by atoms with E-state index in [0.717, 1.165) is 25.7 Å². The summed E-state index contributed by atoms with van der Waals surface area (Å²) < 4.78 is 5.62. The zero-order valence-corrected chi connectivity index (χ0v) is 15.2. The van der Waals surface area contributed by atoms with Crippen LogP contribution in [-0.4, -0.2) is 65.8 Å². The van der Waals surface area contributed by atoms with E-state index >= 15 is 0 Å². The fraction of sp³-hybridized carbons (Fsp3) is 0.944. The average Bonchev–Trinajstić information content (AvgIpc) is 2.72. The predicted octanol–water partition coefficient (Wildman–Crippen LogP) is 2.60. The normalized spacial score (nSPS) is 33.0. The monoisotopic (exact) mass is 323 g/mol. The number of ether oxygens (including phenoxy) is 1. The minimum atomic E-state index is -0.403. The van der Waals surface area contributed by atoms with Gasteiger partial charge in [0, 0.05) is 24.2 Å². The largest absolute Gasteiger partial charge is 0.444 e. The van der Waals surface area contributed by atoms with Crippen LogP contribution in [0.4, 0.5) is 4.79 Å². The Morgan fingerprint density at radius 1 is 1.00 bits per heavy atom. The van der Waals surface area contributed by atoms with E-state index in [2.05, 4.69) is 17.3 Å². The van der Waals surface area contributed by atoms with Gasteiger partial charge in [0.05, 0.1) is 0 Å². The van der Waals surface area contributed by atoms with Crippen molar-refractivity contribution in [3.63, 3.8) is 0 Å². The Morgan fingerprint density at radius 2 is 1.57 bits per heavy atom. The van der Waals surface area contributed by atoms with Crippen molar-refractivity contribution in [3.8, 4) is 0 Å². The van der Waals surface area contributed by atoms with E-state index in [0.29, 0.717) is 24.2 Å². The van der Waals surface area contributed by atoms with Crippen LogP contribution in [0, 0.1) is 0 Å². The Morgan fingerprint density at radius 3 is 2.09 bits per heavy atom. The molecule has 0 aromatic carbocycles. The molecule has 0 radical (unpaired) electrons. The second-order valence-corrected chi connectivity index (χ2v) is 8.69. The zero-order valence-electron chi connectivity index (χ0n) is 15.2. The molecular weight excluding hydrogens is 290 g/mol. The summed E-state index contributed by atoms with van der Waals surface area (Å²) in [7, 11) is 2.20. The smallest absolute Gasteiger partial charge is 0.410 e. The lowest BCUT2D eigenvalue weighted by atomic mass is 9.95. The Balaban J connectivity index is 1.53. The summed E-state index contributed by atoms with van der Waals surface area (Å²) in [5.74, 6) is 0. The van der Waals surface area contributed by atoms with E-state index < -0.39 is 5.60 Å². The van der Waals surface area contributed by atoms with E-state index in [1.165, 1.54) is 25.9 Å². The number of carbonyl (C=O) groups is 1. The number of amides is 1. The molecule has 3 atom stereocenters. The lowest BCUT2D eigenvalue weighted by Crippen LogP contribution is -2.55. The van der Waals surface area contributed by atoms with Crippen LogP contribution in [0.2, 0.25) is 0 Å². The van der Waals surface area contributed by atoms with Crippen LogP contribution in [0.1, 0.15) is 59.3 Å². The molecule has 3 saturated heterocycles. The third-order valence-corrected chi connectivity index (χ3v) is 5.53. The SMILES string of the molecule is CN1CCC(NC2C[C@H]3CC[C@@H](C2)N3C(=O)OC(C)(C)C)CC1. The van der Waals surface area contributed by atoms with Crippen molar-refractivity contribution in [2.45, 2.75) is 89.1 Å². The number of piperidine rings is 2. The van der Waals surface area contributed by atoms with Crippen molar-refractivity contribution in [2.75, 3.05) is 20.1 Å². The lowest BCUT2D eigenvalue weighted by molar-refractivity contribution is 0.00393. The average molecular weight is 323 g/mol. The number of fused-ring (bicyclic) bond motifs is 2. The minimum absolute atomic E-state index is 0.109. The Kier molecular flexibility index (Phi) is 4.88. The van der Waals surface area contributed by atoms with Gasteiger partial charge in [-0.2, -0.15) is 0 Å². The summed E-state index contributed by atoms with van der Waals surface area (Å²) in [4.78, 5) is 16.9.